The summed E-state index contributed by atoms with van der Waals surface area (Å²) >= 11 is 0. The second-order valence-electron chi connectivity index (χ2n) is 11.4. The zero-order chi connectivity index (χ0) is 29.1. The van der Waals surface area contributed by atoms with E-state index >= 15 is 0 Å². The van der Waals surface area contributed by atoms with Crippen molar-refractivity contribution >= 4 is 23.2 Å². The van der Waals surface area contributed by atoms with Crippen LogP contribution in [0.2, 0.25) is 0 Å². The van der Waals surface area contributed by atoms with Crippen LogP contribution < -0.4 is 20.9 Å². The molecule has 214 valence electrons. The van der Waals surface area contributed by atoms with E-state index in [4.69, 9.17) is 9.51 Å². The maximum Gasteiger partial charge on any atom is 0.315 e. The van der Waals surface area contributed by atoms with Gasteiger partial charge in [0, 0.05) is 43.2 Å². The van der Waals surface area contributed by atoms with Crippen LogP contribution in [0.1, 0.15) is 67.1 Å². The highest BCUT2D eigenvalue weighted by atomic mass is 16.5. The Balaban J connectivity index is 1.27. The molecular formula is C30H37N9O2. The summed E-state index contributed by atoms with van der Waals surface area (Å²) in [7, 11) is 0. The van der Waals surface area contributed by atoms with Crippen LogP contribution in [-0.2, 0) is 5.41 Å². The van der Waals surface area contributed by atoms with Gasteiger partial charge >= 0.3 is 11.8 Å². The van der Waals surface area contributed by atoms with Crippen LogP contribution in [0.15, 0.2) is 47.2 Å². The highest BCUT2D eigenvalue weighted by molar-refractivity contribution is 5.89. The third-order valence-corrected chi connectivity index (χ3v) is 7.11. The van der Waals surface area contributed by atoms with Crippen molar-refractivity contribution in [3.05, 3.63) is 71.3 Å². The summed E-state index contributed by atoms with van der Waals surface area (Å²) in [6.07, 6.45) is 1.54. The molecule has 41 heavy (non-hydrogen) atoms. The molecule has 0 aliphatic carbocycles. The highest BCUT2D eigenvalue weighted by Crippen LogP contribution is 2.27. The number of hydrogen-bond donors (Lipinski definition) is 3. The number of nitrogens with one attached hydrogen (secondary N) is 3. The quantitative estimate of drug-likeness (QED) is 0.300. The molecule has 0 bridgehead atoms. The lowest BCUT2D eigenvalue weighted by atomic mass is 9.96. The van der Waals surface area contributed by atoms with Gasteiger partial charge in [-0.05, 0) is 50.1 Å². The molecule has 4 aromatic rings. The molecule has 1 aliphatic rings. The van der Waals surface area contributed by atoms with Gasteiger partial charge in [-0.3, -0.25) is 4.79 Å². The van der Waals surface area contributed by atoms with Crippen molar-refractivity contribution in [2.45, 2.75) is 53.0 Å². The highest BCUT2D eigenvalue weighted by Gasteiger charge is 2.25. The minimum absolute atomic E-state index is 0.0415. The van der Waals surface area contributed by atoms with Crippen molar-refractivity contribution in [3.63, 3.8) is 0 Å². The Morgan fingerprint density at radius 3 is 2.49 bits per heavy atom. The fourth-order valence-corrected chi connectivity index (χ4v) is 4.86. The Kier molecular flexibility index (Phi) is 7.98. The van der Waals surface area contributed by atoms with Gasteiger partial charge in [-0.15, -0.1) is 0 Å². The lowest BCUT2D eigenvalue weighted by molar-refractivity contribution is 0.0895. The van der Waals surface area contributed by atoms with Crippen LogP contribution in [0.25, 0.3) is 11.3 Å². The van der Waals surface area contributed by atoms with E-state index in [-0.39, 0.29) is 17.3 Å². The molecular weight excluding hydrogens is 518 g/mol. The van der Waals surface area contributed by atoms with E-state index in [9.17, 15) is 4.79 Å². The summed E-state index contributed by atoms with van der Waals surface area (Å²) in [6.45, 7) is 15.8. The van der Waals surface area contributed by atoms with Gasteiger partial charge in [0.1, 0.15) is 18.0 Å². The van der Waals surface area contributed by atoms with Gasteiger partial charge in [0.25, 0.3) is 0 Å². The average Bonchev–Trinajstić information content (AvgIpc) is 3.45. The number of aryl methyl sites for hydroxylation is 2. The topological polar surface area (TPSA) is 134 Å². The summed E-state index contributed by atoms with van der Waals surface area (Å²) in [5.41, 5.74) is 5.56. The molecule has 3 N–H and O–H groups in total. The Bertz CT molecular complexity index is 1540. The third-order valence-electron chi connectivity index (χ3n) is 7.11. The molecule has 1 atom stereocenters. The lowest BCUT2D eigenvalue weighted by Crippen LogP contribution is -2.43. The fourth-order valence-electron chi connectivity index (χ4n) is 4.86. The number of carbonyl (C=O) groups is 1. The number of carbonyl (C=O) groups excluding carboxylic acids is 1. The minimum Gasteiger partial charge on any atom is -0.368 e. The standard InChI is InChI=1S/C30H37N9O2/c1-18-15-21(7-8-22(18)19(2)35-27(40)28-37-29(38-41-28)30(4,5)6)23-16-26(33-17-32-23)36-25-10-9-24(20(3)34-25)39-13-11-31-12-14-39/h7-10,15-17,19,31H,11-14H2,1-6H3,(H,35,40)(H,32,33,34,36)/t19-/m1/s1. The Morgan fingerprint density at radius 2 is 1.80 bits per heavy atom. The first-order valence-corrected chi connectivity index (χ1v) is 13.9. The second kappa shape index (κ2) is 11.6. The molecule has 3 aromatic heterocycles. The van der Waals surface area contributed by atoms with Gasteiger partial charge in [0.2, 0.25) is 0 Å². The molecule has 4 heterocycles. The molecule has 1 fully saturated rings. The van der Waals surface area contributed by atoms with Gasteiger partial charge < -0.3 is 25.4 Å². The molecule has 1 amide bonds. The van der Waals surface area contributed by atoms with Crippen molar-refractivity contribution in [2.24, 2.45) is 0 Å². The van der Waals surface area contributed by atoms with E-state index in [1.54, 1.807) is 6.33 Å². The summed E-state index contributed by atoms with van der Waals surface area (Å²) < 4.78 is 5.19. The average molecular weight is 556 g/mol. The molecule has 11 heteroatoms. The van der Waals surface area contributed by atoms with Crippen molar-refractivity contribution in [1.82, 2.24) is 35.7 Å². The third kappa shape index (κ3) is 6.51. The van der Waals surface area contributed by atoms with Crippen LogP contribution in [0, 0.1) is 13.8 Å². The summed E-state index contributed by atoms with van der Waals surface area (Å²) in [5.74, 6) is 1.44. The molecule has 0 unspecified atom stereocenters. The van der Waals surface area contributed by atoms with E-state index in [1.807, 2.05) is 65.8 Å². The molecule has 1 aliphatic heterocycles. The van der Waals surface area contributed by atoms with Gasteiger partial charge in [0.15, 0.2) is 5.82 Å². The predicted octanol–water partition coefficient (Wildman–Crippen LogP) is 4.48. The number of amides is 1. The van der Waals surface area contributed by atoms with E-state index in [0.717, 1.165) is 65.8 Å². The van der Waals surface area contributed by atoms with Crippen LogP contribution in [0.5, 0.6) is 0 Å². The van der Waals surface area contributed by atoms with Gasteiger partial charge in [-0.25, -0.2) is 15.0 Å². The molecule has 5 rings (SSSR count). The van der Waals surface area contributed by atoms with Crippen LogP contribution >= 0.6 is 0 Å². The SMILES string of the molecule is Cc1cc(-c2cc(Nc3ccc(N4CCNCC4)c(C)n3)ncn2)ccc1[C@@H](C)NC(=O)c1nc(C(C)(C)C)no1. The first-order valence-electron chi connectivity index (χ1n) is 13.9. The van der Waals surface area contributed by atoms with Crippen molar-refractivity contribution < 1.29 is 9.32 Å². The Hall–Kier alpha value is -4.38. The molecule has 0 spiro atoms. The van der Waals surface area contributed by atoms with Crippen LogP contribution in [-0.4, -0.2) is 57.2 Å². The van der Waals surface area contributed by atoms with Crippen LogP contribution in [0.4, 0.5) is 17.3 Å². The molecule has 1 saturated heterocycles. The number of rotatable bonds is 7. The number of pyridine rings is 1. The number of hydrogen-bond acceptors (Lipinski definition) is 10. The fraction of sp³-hybridized carbons (Fsp3) is 0.400. The Morgan fingerprint density at radius 1 is 1.02 bits per heavy atom. The summed E-state index contributed by atoms with van der Waals surface area (Å²) in [6, 6.07) is 11.8. The Labute approximate surface area is 240 Å². The number of nitrogens with zero attached hydrogens (tertiary/aromatic N) is 6. The first-order chi connectivity index (χ1) is 19.6. The zero-order valence-electron chi connectivity index (χ0n) is 24.4. The van der Waals surface area contributed by atoms with Crippen molar-refractivity contribution in [2.75, 3.05) is 36.4 Å². The summed E-state index contributed by atoms with van der Waals surface area (Å²) in [5, 5.41) is 13.6. The van der Waals surface area contributed by atoms with Gasteiger partial charge in [-0.2, -0.15) is 4.98 Å². The number of aromatic nitrogens is 5. The maximum atomic E-state index is 12.7. The van der Waals surface area contributed by atoms with Gasteiger partial charge in [0.05, 0.1) is 23.1 Å². The second-order valence-corrected chi connectivity index (χ2v) is 11.4. The number of benzene rings is 1. The van der Waals surface area contributed by atoms with E-state index in [0.29, 0.717) is 11.6 Å². The number of piperazine rings is 1. The molecule has 11 nitrogen and oxygen atoms in total. The summed E-state index contributed by atoms with van der Waals surface area (Å²) in [4.78, 5) is 33.0. The normalized spacial score (nSPS) is 14.5. The minimum atomic E-state index is -0.402. The zero-order valence-corrected chi connectivity index (χ0v) is 24.4. The van der Waals surface area contributed by atoms with E-state index in [1.165, 1.54) is 0 Å². The smallest absolute Gasteiger partial charge is 0.315 e. The number of anilines is 3. The monoisotopic (exact) mass is 555 g/mol. The van der Waals surface area contributed by atoms with Crippen molar-refractivity contribution in [3.8, 4) is 11.3 Å². The van der Waals surface area contributed by atoms with E-state index < -0.39 is 5.91 Å². The van der Waals surface area contributed by atoms with Gasteiger partial charge in [-0.1, -0.05) is 38.1 Å². The molecule has 1 aromatic carbocycles. The van der Waals surface area contributed by atoms with Crippen LogP contribution in [0.3, 0.4) is 0 Å². The van der Waals surface area contributed by atoms with E-state index in [2.05, 4.69) is 53.1 Å². The van der Waals surface area contributed by atoms with Crippen molar-refractivity contribution in [1.29, 1.82) is 0 Å². The molecule has 0 saturated carbocycles. The lowest BCUT2D eigenvalue weighted by Gasteiger charge is -2.30. The maximum absolute atomic E-state index is 12.7. The molecule has 0 radical (unpaired) electrons. The largest absolute Gasteiger partial charge is 0.368 e. The first kappa shape index (κ1) is 28.2. The predicted molar refractivity (Wildman–Crippen MR) is 158 cm³/mol.